The molecule has 1 aromatic rings. The second-order valence-electron chi connectivity index (χ2n) is 5.20. The lowest BCUT2D eigenvalue weighted by Gasteiger charge is -2.11. The summed E-state index contributed by atoms with van der Waals surface area (Å²) in [5.41, 5.74) is 0.202. The van der Waals surface area contributed by atoms with Crippen molar-refractivity contribution in [2.24, 2.45) is 5.41 Å². The topological polar surface area (TPSA) is 38.3 Å². The first-order valence-electron chi connectivity index (χ1n) is 6.80. The average Bonchev–Trinajstić information content (AvgIpc) is 3.20. The maximum absolute atomic E-state index is 11.7. The molecule has 4 heteroatoms. The third-order valence-corrected chi connectivity index (χ3v) is 4.15. The van der Waals surface area contributed by atoms with Crippen molar-refractivity contribution in [1.82, 2.24) is 5.32 Å². The van der Waals surface area contributed by atoms with Gasteiger partial charge in [-0.1, -0.05) is 18.2 Å². The van der Waals surface area contributed by atoms with E-state index in [2.05, 4.69) is 17.9 Å². The van der Waals surface area contributed by atoms with Crippen LogP contribution < -0.4 is 10.1 Å². The monoisotopic (exact) mass is 279 g/mol. The largest absolute Gasteiger partial charge is 0.494 e. The molecule has 3 nitrogen and oxygen atoms in total. The van der Waals surface area contributed by atoms with Crippen LogP contribution in [-0.2, 0) is 4.79 Å². The van der Waals surface area contributed by atoms with Gasteiger partial charge in [-0.15, -0.1) is 0 Å². The molecular formula is C15H21NO2S. The average molecular weight is 279 g/mol. The summed E-state index contributed by atoms with van der Waals surface area (Å²) < 4.78 is 5.56. The van der Waals surface area contributed by atoms with Gasteiger partial charge in [-0.3, -0.25) is 4.79 Å². The number of ether oxygens (including phenoxy) is 1. The second-order valence-corrected chi connectivity index (χ2v) is 5.52. The smallest absolute Gasteiger partial charge is 0.220 e. The highest BCUT2D eigenvalue weighted by Gasteiger charge is 2.42. The number of nitrogens with one attached hydrogen (secondary N) is 1. The minimum absolute atomic E-state index is 0.145. The fourth-order valence-electron chi connectivity index (χ4n) is 1.98. The van der Waals surface area contributed by atoms with Gasteiger partial charge in [-0.25, -0.2) is 0 Å². The van der Waals surface area contributed by atoms with Crippen LogP contribution in [0.5, 0.6) is 5.75 Å². The number of amides is 1. The predicted octanol–water partition coefficient (Wildman–Crippen LogP) is 2.67. The van der Waals surface area contributed by atoms with E-state index in [9.17, 15) is 4.79 Å². The Labute approximate surface area is 120 Å². The number of hydrogen-bond acceptors (Lipinski definition) is 3. The van der Waals surface area contributed by atoms with Crippen LogP contribution in [0.4, 0.5) is 0 Å². The van der Waals surface area contributed by atoms with E-state index in [0.717, 1.165) is 30.8 Å². The Kier molecular flexibility index (Phi) is 5.14. The van der Waals surface area contributed by atoms with Gasteiger partial charge in [-0.05, 0) is 42.6 Å². The van der Waals surface area contributed by atoms with E-state index >= 15 is 0 Å². The Bertz CT molecular complexity index is 404. The molecule has 0 heterocycles. The molecule has 2 rings (SSSR count). The molecule has 1 saturated carbocycles. The summed E-state index contributed by atoms with van der Waals surface area (Å²) >= 11 is 4.30. The molecule has 1 N–H and O–H groups in total. The van der Waals surface area contributed by atoms with Gasteiger partial charge in [0.2, 0.25) is 5.91 Å². The highest BCUT2D eigenvalue weighted by molar-refractivity contribution is 7.80. The second kappa shape index (κ2) is 6.85. The van der Waals surface area contributed by atoms with E-state index in [4.69, 9.17) is 4.74 Å². The zero-order valence-electron chi connectivity index (χ0n) is 11.1. The molecule has 1 fully saturated rings. The van der Waals surface area contributed by atoms with Crippen LogP contribution in [0, 0.1) is 5.41 Å². The normalized spacial score (nSPS) is 15.8. The van der Waals surface area contributed by atoms with Gasteiger partial charge in [0, 0.05) is 13.0 Å². The third-order valence-electron chi connectivity index (χ3n) is 3.48. The van der Waals surface area contributed by atoms with Crippen LogP contribution in [0.25, 0.3) is 0 Å². The SMILES string of the molecule is O=C(CC1(CS)CC1)NCCCOc1ccccc1. The lowest BCUT2D eigenvalue weighted by molar-refractivity contribution is -0.122. The van der Waals surface area contributed by atoms with E-state index < -0.39 is 0 Å². The van der Waals surface area contributed by atoms with Gasteiger partial charge in [-0.2, -0.15) is 12.6 Å². The molecule has 19 heavy (non-hydrogen) atoms. The van der Waals surface area contributed by atoms with Crippen molar-refractivity contribution in [2.45, 2.75) is 25.7 Å². The van der Waals surface area contributed by atoms with Gasteiger partial charge in [0.05, 0.1) is 6.61 Å². The lowest BCUT2D eigenvalue weighted by atomic mass is 10.1. The van der Waals surface area contributed by atoms with Crippen molar-refractivity contribution < 1.29 is 9.53 Å². The van der Waals surface area contributed by atoms with Crippen LogP contribution in [0.1, 0.15) is 25.7 Å². The Hall–Kier alpha value is -1.16. The molecule has 1 aromatic carbocycles. The Morgan fingerprint density at radius 1 is 1.32 bits per heavy atom. The minimum Gasteiger partial charge on any atom is -0.494 e. The number of hydrogen-bond donors (Lipinski definition) is 2. The van der Waals surface area contributed by atoms with E-state index in [0.29, 0.717) is 19.6 Å². The van der Waals surface area contributed by atoms with Crippen LogP contribution in [-0.4, -0.2) is 24.8 Å². The fraction of sp³-hybridized carbons (Fsp3) is 0.533. The Morgan fingerprint density at radius 3 is 2.68 bits per heavy atom. The van der Waals surface area contributed by atoms with Gasteiger partial charge in [0.25, 0.3) is 0 Å². The first kappa shape index (κ1) is 14.3. The molecule has 0 aromatic heterocycles. The van der Waals surface area contributed by atoms with Crippen LogP contribution in [0.2, 0.25) is 0 Å². The van der Waals surface area contributed by atoms with Crippen molar-refractivity contribution in [2.75, 3.05) is 18.9 Å². The number of benzene rings is 1. The molecule has 1 aliphatic carbocycles. The van der Waals surface area contributed by atoms with Crippen molar-refractivity contribution in [1.29, 1.82) is 0 Å². The summed E-state index contributed by atoms with van der Waals surface area (Å²) in [5.74, 6) is 1.84. The summed E-state index contributed by atoms with van der Waals surface area (Å²) in [6, 6.07) is 9.72. The molecule has 1 amide bonds. The zero-order chi connectivity index (χ0) is 13.6. The fourth-order valence-corrected chi connectivity index (χ4v) is 2.41. The molecule has 0 bridgehead atoms. The summed E-state index contributed by atoms with van der Waals surface area (Å²) in [6.45, 7) is 1.30. The van der Waals surface area contributed by atoms with Gasteiger partial charge in [0.1, 0.15) is 5.75 Å². The maximum Gasteiger partial charge on any atom is 0.220 e. The maximum atomic E-state index is 11.7. The van der Waals surface area contributed by atoms with Gasteiger partial charge >= 0.3 is 0 Å². The molecule has 0 radical (unpaired) electrons. The molecule has 0 unspecified atom stereocenters. The minimum atomic E-state index is 0.145. The highest BCUT2D eigenvalue weighted by atomic mass is 32.1. The highest BCUT2D eigenvalue weighted by Crippen LogP contribution is 2.49. The van der Waals surface area contributed by atoms with E-state index in [1.165, 1.54) is 0 Å². The molecule has 0 aliphatic heterocycles. The van der Waals surface area contributed by atoms with E-state index in [-0.39, 0.29) is 11.3 Å². The lowest BCUT2D eigenvalue weighted by Crippen LogP contribution is -2.28. The predicted molar refractivity (Wildman–Crippen MR) is 79.7 cm³/mol. The molecular weight excluding hydrogens is 258 g/mol. The first-order chi connectivity index (χ1) is 9.24. The molecule has 0 saturated heterocycles. The van der Waals surface area contributed by atoms with Crippen molar-refractivity contribution in [3.05, 3.63) is 30.3 Å². The van der Waals surface area contributed by atoms with Crippen molar-refractivity contribution in [3.8, 4) is 5.75 Å². The van der Waals surface area contributed by atoms with Crippen LogP contribution >= 0.6 is 12.6 Å². The molecule has 104 valence electrons. The number of para-hydroxylation sites is 1. The first-order valence-corrected chi connectivity index (χ1v) is 7.43. The molecule has 0 spiro atoms. The van der Waals surface area contributed by atoms with Crippen LogP contribution in [0.3, 0.4) is 0 Å². The van der Waals surface area contributed by atoms with Crippen molar-refractivity contribution >= 4 is 18.5 Å². The van der Waals surface area contributed by atoms with Crippen molar-refractivity contribution in [3.63, 3.8) is 0 Å². The Morgan fingerprint density at radius 2 is 2.05 bits per heavy atom. The van der Waals surface area contributed by atoms with E-state index in [1.807, 2.05) is 30.3 Å². The third kappa shape index (κ3) is 4.78. The van der Waals surface area contributed by atoms with Gasteiger partial charge in [0.15, 0.2) is 0 Å². The standard InChI is InChI=1S/C15H21NO2S/c17-14(11-15(12-19)7-8-15)16-9-4-10-18-13-5-2-1-3-6-13/h1-3,5-6,19H,4,7-12H2,(H,16,17). The number of rotatable bonds is 8. The van der Waals surface area contributed by atoms with Crippen LogP contribution in [0.15, 0.2) is 30.3 Å². The number of thiol groups is 1. The quantitative estimate of drug-likeness (QED) is 0.567. The number of carbonyl (C=O) groups excluding carboxylic acids is 1. The summed E-state index contributed by atoms with van der Waals surface area (Å²) in [5, 5.41) is 2.95. The Balaban J connectivity index is 1.53. The zero-order valence-corrected chi connectivity index (χ0v) is 12.0. The number of carbonyl (C=O) groups is 1. The summed E-state index contributed by atoms with van der Waals surface area (Å²) in [6.07, 6.45) is 3.73. The molecule has 1 aliphatic rings. The molecule has 0 atom stereocenters. The van der Waals surface area contributed by atoms with Gasteiger partial charge < -0.3 is 10.1 Å². The summed E-state index contributed by atoms with van der Waals surface area (Å²) in [7, 11) is 0. The summed E-state index contributed by atoms with van der Waals surface area (Å²) in [4.78, 5) is 11.7. The van der Waals surface area contributed by atoms with E-state index in [1.54, 1.807) is 0 Å².